The predicted molar refractivity (Wildman–Crippen MR) is 74.8 cm³/mol. The van der Waals surface area contributed by atoms with Crippen molar-refractivity contribution >= 4 is 21.8 Å². The molecule has 0 aliphatic rings. The maximum Gasteiger partial charge on any atom is 0.223 e. The molecule has 1 atom stereocenters. The van der Waals surface area contributed by atoms with Crippen LogP contribution in [0.5, 0.6) is 0 Å². The Morgan fingerprint density at radius 2 is 2.06 bits per heavy atom. The zero-order chi connectivity index (χ0) is 13.5. The van der Waals surface area contributed by atoms with Gasteiger partial charge in [0.2, 0.25) is 5.91 Å². The largest absolute Gasteiger partial charge is 0.326 e. The van der Waals surface area contributed by atoms with Crippen LogP contribution in [-0.2, 0) is 4.79 Å². The topological polar surface area (TPSA) is 44.1 Å². The Balaban J connectivity index is 2.80. The Bertz CT molecular complexity index is 436. The first-order valence-electron chi connectivity index (χ1n) is 6.01. The van der Waals surface area contributed by atoms with E-state index < -0.39 is 6.04 Å². The van der Waals surface area contributed by atoms with E-state index in [-0.39, 0.29) is 5.91 Å². The van der Waals surface area contributed by atoms with Crippen LogP contribution in [0.2, 0.25) is 0 Å². The lowest BCUT2D eigenvalue weighted by molar-refractivity contribution is -0.131. The van der Waals surface area contributed by atoms with Gasteiger partial charge in [0.1, 0.15) is 6.04 Å². The van der Waals surface area contributed by atoms with Gasteiger partial charge in [-0.1, -0.05) is 41.4 Å². The van der Waals surface area contributed by atoms with Gasteiger partial charge < -0.3 is 4.90 Å². The number of rotatable bonds is 5. The summed E-state index contributed by atoms with van der Waals surface area (Å²) in [6.45, 7) is 2.05. The number of amides is 1. The second-order valence-electron chi connectivity index (χ2n) is 4.19. The number of nitriles is 1. The number of nitrogens with zero attached hydrogens (tertiary/aromatic N) is 2. The van der Waals surface area contributed by atoms with E-state index in [2.05, 4.69) is 22.0 Å². The van der Waals surface area contributed by atoms with Crippen LogP contribution in [0, 0.1) is 11.3 Å². The number of hydrogen-bond acceptors (Lipinski definition) is 2. The Morgan fingerprint density at radius 1 is 1.44 bits per heavy atom. The molecule has 0 saturated carbocycles. The third-order valence-electron chi connectivity index (χ3n) is 2.83. The van der Waals surface area contributed by atoms with Gasteiger partial charge in [0.15, 0.2) is 0 Å². The summed E-state index contributed by atoms with van der Waals surface area (Å²) in [5, 5.41) is 9.24. The third kappa shape index (κ3) is 3.85. The molecule has 3 nitrogen and oxygen atoms in total. The van der Waals surface area contributed by atoms with Gasteiger partial charge in [-0.25, -0.2) is 0 Å². The lowest BCUT2D eigenvalue weighted by atomic mass is 10.1. The molecule has 1 aromatic carbocycles. The molecule has 0 aromatic heterocycles. The number of benzene rings is 1. The highest BCUT2D eigenvalue weighted by Crippen LogP contribution is 2.21. The van der Waals surface area contributed by atoms with Crippen molar-refractivity contribution in [2.75, 3.05) is 7.05 Å². The van der Waals surface area contributed by atoms with Crippen LogP contribution in [0.1, 0.15) is 37.8 Å². The van der Waals surface area contributed by atoms with E-state index >= 15 is 0 Å². The molecule has 1 aromatic rings. The summed E-state index contributed by atoms with van der Waals surface area (Å²) in [4.78, 5) is 13.4. The molecule has 1 rings (SSSR count). The SMILES string of the molecule is CCCCC(=O)N(C)C(C#N)c1ccc(Br)cc1. The van der Waals surface area contributed by atoms with E-state index in [1.807, 2.05) is 31.2 Å². The average Bonchev–Trinajstić information content (AvgIpc) is 2.38. The Hall–Kier alpha value is -1.34. The number of halogens is 1. The minimum Gasteiger partial charge on any atom is -0.326 e. The number of carbonyl (C=O) groups is 1. The van der Waals surface area contributed by atoms with Gasteiger partial charge in [0.25, 0.3) is 0 Å². The highest BCUT2D eigenvalue weighted by molar-refractivity contribution is 9.10. The van der Waals surface area contributed by atoms with Gasteiger partial charge in [-0.3, -0.25) is 4.79 Å². The molecule has 0 heterocycles. The fourth-order valence-corrected chi connectivity index (χ4v) is 1.94. The van der Waals surface area contributed by atoms with Crippen molar-refractivity contribution in [1.29, 1.82) is 5.26 Å². The van der Waals surface area contributed by atoms with Gasteiger partial charge in [-0.15, -0.1) is 0 Å². The lowest BCUT2D eigenvalue weighted by Gasteiger charge is -2.23. The van der Waals surface area contributed by atoms with Crippen LogP contribution >= 0.6 is 15.9 Å². The van der Waals surface area contributed by atoms with Gasteiger partial charge in [-0.05, 0) is 24.1 Å². The van der Waals surface area contributed by atoms with Crippen LogP contribution in [0.25, 0.3) is 0 Å². The van der Waals surface area contributed by atoms with E-state index in [9.17, 15) is 10.1 Å². The second kappa shape index (κ2) is 7.17. The molecule has 0 fully saturated rings. The quantitative estimate of drug-likeness (QED) is 0.833. The van der Waals surface area contributed by atoms with Gasteiger partial charge in [0, 0.05) is 17.9 Å². The molecule has 0 spiro atoms. The summed E-state index contributed by atoms with van der Waals surface area (Å²) in [6.07, 6.45) is 2.35. The summed E-state index contributed by atoms with van der Waals surface area (Å²) in [7, 11) is 1.69. The van der Waals surface area contributed by atoms with E-state index in [0.29, 0.717) is 6.42 Å². The standard InChI is InChI=1S/C14H17BrN2O/c1-3-4-5-14(18)17(2)13(10-16)11-6-8-12(15)9-7-11/h6-9,13H,3-5H2,1-2H3. The summed E-state index contributed by atoms with van der Waals surface area (Å²) in [5.74, 6) is 0.0197. The summed E-state index contributed by atoms with van der Waals surface area (Å²) >= 11 is 3.35. The van der Waals surface area contributed by atoms with Crippen molar-refractivity contribution in [3.8, 4) is 6.07 Å². The smallest absolute Gasteiger partial charge is 0.223 e. The first-order valence-corrected chi connectivity index (χ1v) is 6.80. The third-order valence-corrected chi connectivity index (χ3v) is 3.36. The fraction of sp³-hybridized carbons (Fsp3) is 0.429. The van der Waals surface area contributed by atoms with Crippen LogP contribution in [0.3, 0.4) is 0 Å². The van der Waals surface area contributed by atoms with E-state index in [0.717, 1.165) is 22.9 Å². The minimum absolute atomic E-state index is 0.0197. The van der Waals surface area contributed by atoms with E-state index in [1.165, 1.54) is 4.90 Å². The zero-order valence-corrected chi connectivity index (χ0v) is 12.3. The minimum atomic E-state index is -0.512. The number of hydrogen-bond donors (Lipinski definition) is 0. The first kappa shape index (κ1) is 14.7. The molecule has 1 unspecified atom stereocenters. The molecular formula is C14H17BrN2O. The van der Waals surface area contributed by atoms with Crippen LogP contribution < -0.4 is 0 Å². The van der Waals surface area contributed by atoms with Gasteiger partial charge >= 0.3 is 0 Å². The maximum atomic E-state index is 11.9. The van der Waals surface area contributed by atoms with Crippen LogP contribution in [0.15, 0.2) is 28.7 Å². The summed E-state index contributed by atoms with van der Waals surface area (Å²) < 4.78 is 0.961. The molecule has 0 saturated heterocycles. The van der Waals surface area contributed by atoms with Crippen molar-refractivity contribution in [2.45, 2.75) is 32.2 Å². The zero-order valence-electron chi connectivity index (χ0n) is 10.7. The molecule has 0 aliphatic carbocycles. The molecule has 0 aliphatic heterocycles. The Labute approximate surface area is 117 Å². The molecule has 0 radical (unpaired) electrons. The monoisotopic (exact) mass is 308 g/mol. The maximum absolute atomic E-state index is 11.9. The summed E-state index contributed by atoms with van der Waals surface area (Å²) in [5.41, 5.74) is 0.841. The molecule has 1 amide bonds. The van der Waals surface area contributed by atoms with Crippen LogP contribution in [-0.4, -0.2) is 17.9 Å². The molecular weight excluding hydrogens is 292 g/mol. The molecule has 0 bridgehead atoms. The Morgan fingerprint density at radius 3 is 2.56 bits per heavy atom. The summed E-state index contributed by atoms with van der Waals surface area (Å²) in [6, 6.07) is 9.16. The Kier molecular flexibility index (Phi) is 5.87. The van der Waals surface area contributed by atoms with E-state index in [1.54, 1.807) is 7.05 Å². The molecule has 4 heteroatoms. The van der Waals surface area contributed by atoms with Crippen molar-refractivity contribution < 1.29 is 4.79 Å². The highest BCUT2D eigenvalue weighted by atomic mass is 79.9. The van der Waals surface area contributed by atoms with Crippen molar-refractivity contribution in [1.82, 2.24) is 4.90 Å². The van der Waals surface area contributed by atoms with Crippen molar-refractivity contribution in [3.63, 3.8) is 0 Å². The van der Waals surface area contributed by atoms with Crippen LogP contribution in [0.4, 0.5) is 0 Å². The number of unbranched alkanes of at least 4 members (excludes halogenated alkanes) is 1. The van der Waals surface area contributed by atoms with Crippen molar-refractivity contribution in [2.24, 2.45) is 0 Å². The average molecular weight is 309 g/mol. The normalized spacial score (nSPS) is 11.7. The van der Waals surface area contributed by atoms with Gasteiger partial charge in [-0.2, -0.15) is 5.26 Å². The first-order chi connectivity index (χ1) is 8.60. The predicted octanol–water partition coefficient (Wildman–Crippen LogP) is 3.66. The highest BCUT2D eigenvalue weighted by Gasteiger charge is 2.20. The number of carbonyl (C=O) groups excluding carboxylic acids is 1. The fourth-order valence-electron chi connectivity index (χ4n) is 1.68. The van der Waals surface area contributed by atoms with Crippen molar-refractivity contribution in [3.05, 3.63) is 34.3 Å². The lowest BCUT2D eigenvalue weighted by Crippen LogP contribution is -2.30. The molecule has 18 heavy (non-hydrogen) atoms. The second-order valence-corrected chi connectivity index (χ2v) is 5.11. The van der Waals surface area contributed by atoms with E-state index in [4.69, 9.17) is 0 Å². The molecule has 0 N–H and O–H groups in total. The molecule has 96 valence electrons. The van der Waals surface area contributed by atoms with Gasteiger partial charge in [0.05, 0.1) is 6.07 Å².